The topological polar surface area (TPSA) is 61.5 Å². The summed E-state index contributed by atoms with van der Waals surface area (Å²) in [6, 6.07) is 5.72. The summed E-state index contributed by atoms with van der Waals surface area (Å²) in [6.07, 6.45) is 0. The third kappa shape index (κ3) is 2.22. The SMILES string of the molecule is Nc1ccc(N2CCNCC2)c(CO)c1. The van der Waals surface area contributed by atoms with Gasteiger partial charge in [0.1, 0.15) is 0 Å². The smallest absolute Gasteiger partial charge is 0.0702 e. The van der Waals surface area contributed by atoms with E-state index in [9.17, 15) is 5.11 Å². The Kier molecular flexibility index (Phi) is 3.08. The third-order valence-corrected chi connectivity index (χ3v) is 2.73. The Morgan fingerprint density at radius 1 is 1.33 bits per heavy atom. The van der Waals surface area contributed by atoms with Gasteiger partial charge in [-0.1, -0.05) is 0 Å². The van der Waals surface area contributed by atoms with E-state index in [0.29, 0.717) is 5.69 Å². The lowest BCUT2D eigenvalue weighted by molar-refractivity contribution is 0.282. The molecule has 1 aliphatic rings. The van der Waals surface area contributed by atoms with Crippen molar-refractivity contribution in [2.45, 2.75) is 6.61 Å². The van der Waals surface area contributed by atoms with E-state index in [2.05, 4.69) is 10.2 Å². The van der Waals surface area contributed by atoms with Crippen LogP contribution in [-0.4, -0.2) is 31.3 Å². The average Bonchev–Trinajstić information content (AvgIpc) is 2.30. The summed E-state index contributed by atoms with van der Waals surface area (Å²) in [5.41, 5.74) is 8.42. The first-order valence-corrected chi connectivity index (χ1v) is 5.26. The molecule has 4 N–H and O–H groups in total. The standard InChI is InChI=1S/C11H17N3O/c12-10-1-2-11(9(7-10)8-15)14-5-3-13-4-6-14/h1-2,7,13,15H,3-6,8,12H2. The van der Waals surface area contributed by atoms with Crippen LogP contribution in [0.1, 0.15) is 5.56 Å². The molecule has 0 bridgehead atoms. The second-order valence-corrected chi connectivity index (χ2v) is 3.78. The maximum absolute atomic E-state index is 9.28. The minimum atomic E-state index is 0.0459. The van der Waals surface area contributed by atoms with Crippen LogP contribution in [0.3, 0.4) is 0 Å². The Hall–Kier alpha value is -1.26. The average molecular weight is 207 g/mol. The molecule has 4 heteroatoms. The first-order chi connectivity index (χ1) is 7.31. The van der Waals surface area contributed by atoms with Crippen LogP contribution >= 0.6 is 0 Å². The number of rotatable bonds is 2. The summed E-state index contributed by atoms with van der Waals surface area (Å²) in [7, 11) is 0. The fraction of sp³-hybridized carbons (Fsp3) is 0.455. The van der Waals surface area contributed by atoms with E-state index < -0.39 is 0 Å². The molecule has 1 aromatic carbocycles. The predicted octanol–water partition coefficient (Wildman–Crippen LogP) is 0.171. The number of hydrogen-bond donors (Lipinski definition) is 3. The molecule has 1 aliphatic heterocycles. The van der Waals surface area contributed by atoms with Crippen molar-refractivity contribution in [3.8, 4) is 0 Å². The molecule has 1 aromatic rings. The van der Waals surface area contributed by atoms with Crippen LogP contribution < -0.4 is 16.0 Å². The van der Waals surface area contributed by atoms with Gasteiger partial charge in [-0.25, -0.2) is 0 Å². The molecule has 0 saturated carbocycles. The van der Waals surface area contributed by atoms with Gasteiger partial charge >= 0.3 is 0 Å². The van der Waals surface area contributed by atoms with Crippen LogP contribution in [0.25, 0.3) is 0 Å². The second-order valence-electron chi connectivity index (χ2n) is 3.78. The fourth-order valence-corrected chi connectivity index (χ4v) is 1.95. The van der Waals surface area contributed by atoms with Crippen molar-refractivity contribution in [2.75, 3.05) is 36.8 Å². The Balaban J connectivity index is 2.25. The molecular weight excluding hydrogens is 190 g/mol. The van der Waals surface area contributed by atoms with Gasteiger partial charge < -0.3 is 21.1 Å². The zero-order chi connectivity index (χ0) is 10.7. The van der Waals surface area contributed by atoms with Gasteiger partial charge in [0.15, 0.2) is 0 Å². The quantitative estimate of drug-likeness (QED) is 0.605. The fourth-order valence-electron chi connectivity index (χ4n) is 1.95. The van der Waals surface area contributed by atoms with Crippen molar-refractivity contribution >= 4 is 11.4 Å². The van der Waals surface area contributed by atoms with E-state index >= 15 is 0 Å². The number of anilines is 2. The van der Waals surface area contributed by atoms with Crippen molar-refractivity contribution in [2.24, 2.45) is 0 Å². The maximum Gasteiger partial charge on any atom is 0.0702 e. The molecular formula is C11H17N3O. The largest absolute Gasteiger partial charge is 0.399 e. The number of benzene rings is 1. The predicted molar refractivity (Wildman–Crippen MR) is 61.9 cm³/mol. The third-order valence-electron chi connectivity index (χ3n) is 2.73. The molecule has 0 unspecified atom stereocenters. The maximum atomic E-state index is 9.28. The van der Waals surface area contributed by atoms with E-state index in [1.54, 1.807) is 0 Å². The van der Waals surface area contributed by atoms with Gasteiger partial charge in [-0.3, -0.25) is 0 Å². The van der Waals surface area contributed by atoms with Crippen LogP contribution in [-0.2, 0) is 6.61 Å². The lowest BCUT2D eigenvalue weighted by Gasteiger charge is -2.31. The number of aliphatic hydroxyl groups is 1. The van der Waals surface area contributed by atoms with Crippen molar-refractivity contribution in [3.63, 3.8) is 0 Å². The molecule has 0 amide bonds. The van der Waals surface area contributed by atoms with Crippen LogP contribution in [0.2, 0.25) is 0 Å². The molecule has 2 rings (SSSR count). The van der Waals surface area contributed by atoms with Crippen molar-refractivity contribution in [1.82, 2.24) is 5.32 Å². The molecule has 1 saturated heterocycles. The van der Waals surface area contributed by atoms with Crippen LogP contribution in [0.5, 0.6) is 0 Å². The number of aliphatic hydroxyl groups excluding tert-OH is 1. The molecule has 15 heavy (non-hydrogen) atoms. The van der Waals surface area contributed by atoms with Gasteiger partial charge in [-0.15, -0.1) is 0 Å². The highest BCUT2D eigenvalue weighted by molar-refractivity contribution is 5.59. The van der Waals surface area contributed by atoms with E-state index in [0.717, 1.165) is 37.4 Å². The summed E-state index contributed by atoms with van der Waals surface area (Å²) in [5, 5.41) is 12.6. The summed E-state index contributed by atoms with van der Waals surface area (Å²) in [4.78, 5) is 2.28. The lowest BCUT2D eigenvalue weighted by Crippen LogP contribution is -2.43. The van der Waals surface area contributed by atoms with Gasteiger partial charge in [-0.2, -0.15) is 0 Å². The summed E-state index contributed by atoms with van der Waals surface area (Å²) < 4.78 is 0. The van der Waals surface area contributed by atoms with E-state index in [1.165, 1.54) is 0 Å². The highest BCUT2D eigenvalue weighted by atomic mass is 16.3. The summed E-state index contributed by atoms with van der Waals surface area (Å²) in [6.45, 7) is 4.00. The minimum absolute atomic E-state index is 0.0459. The van der Waals surface area contributed by atoms with Gasteiger partial charge in [0, 0.05) is 43.1 Å². The number of nitrogens with one attached hydrogen (secondary N) is 1. The van der Waals surface area contributed by atoms with Crippen molar-refractivity contribution < 1.29 is 5.11 Å². The highest BCUT2D eigenvalue weighted by Crippen LogP contribution is 2.23. The van der Waals surface area contributed by atoms with E-state index in [1.807, 2.05) is 18.2 Å². The Labute approximate surface area is 89.7 Å². The number of nitrogens with two attached hydrogens (primary N) is 1. The van der Waals surface area contributed by atoms with Crippen LogP contribution in [0.4, 0.5) is 11.4 Å². The van der Waals surface area contributed by atoms with E-state index in [4.69, 9.17) is 5.73 Å². The number of nitrogens with zero attached hydrogens (tertiary/aromatic N) is 1. The molecule has 0 aliphatic carbocycles. The monoisotopic (exact) mass is 207 g/mol. The molecule has 0 aromatic heterocycles. The highest BCUT2D eigenvalue weighted by Gasteiger charge is 2.13. The Morgan fingerprint density at radius 2 is 2.07 bits per heavy atom. The van der Waals surface area contributed by atoms with Gasteiger partial charge in [0.25, 0.3) is 0 Å². The molecule has 0 radical (unpaired) electrons. The molecule has 4 nitrogen and oxygen atoms in total. The molecule has 1 fully saturated rings. The molecule has 82 valence electrons. The van der Waals surface area contributed by atoms with Crippen molar-refractivity contribution in [3.05, 3.63) is 23.8 Å². The normalized spacial score (nSPS) is 16.7. The van der Waals surface area contributed by atoms with Gasteiger partial charge in [-0.05, 0) is 18.2 Å². The Bertz CT molecular complexity index is 335. The second kappa shape index (κ2) is 4.51. The molecule has 0 spiro atoms. The number of nitrogen functional groups attached to an aromatic ring is 1. The van der Waals surface area contributed by atoms with Crippen LogP contribution in [0.15, 0.2) is 18.2 Å². The summed E-state index contributed by atoms with van der Waals surface area (Å²) in [5.74, 6) is 0. The zero-order valence-corrected chi connectivity index (χ0v) is 8.74. The van der Waals surface area contributed by atoms with Gasteiger partial charge in [0.05, 0.1) is 6.61 Å². The van der Waals surface area contributed by atoms with E-state index in [-0.39, 0.29) is 6.61 Å². The Morgan fingerprint density at radius 3 is 2.73 bits per heavy atom. The van der Waals surface area contributed by atoms with Crippen LogP contribution in [0, 0.1) is 0 Å². The zero-order valence-electron chi connectivity index (χ0n) is 8.74. The number of hydrogen-bond acceptors (Lipinski definition) is 4. The lowest BCUT2D eigenvalue weighted by atomic mass is 10.1. The number of piperazine rings is 1. The summed E-state index contributed by atoms with van der Waals surface area (Å²) >= 11 is 0. The van der Waals surface area contributed by atoms with Gasteiger partial charge in [0.2, 0.25) is 0 Å². The molecule has 1 heterocycles. The van der Waals surface area contributed by atoms with Crippen molar-refractivity contribution in [1.29, 1.82) is 0 Å². The molecule has 0 atom stereocenters. The first kappa shape index (κ1) is 10.3. The minimum Gasteiger partial charge on any atom is -0.399 e. The first-order valence-electron chi connectivity index (χ1n) is 5.26.